The maximum atomic E-state index is 2.43. The van der Waals surface area contributed by atoms with Crippen molar-refractivity contribution >= 4 is 33.2 Å². The average molecular weight is 731 g/mol. The smallest absolute Gasteiger partial charge is 0.0541 e. The highest BCUT2D eigenvalue weighted by Gasteiger charge is 2.23. The van der Waals surface area contributed by atoms with Crippen molar-refractivity contribution in [1.82, 2.24) is 4.57 Å². The molecule has 2 unspecified atom stereocenters. The van der Waals surface area contributed by atoms with Crippen LogP contribution < -0.4 is 4.90 Å². The van der Waals surface area contributed by atoms with Crippen molar-refractivity contribution in [2.75, 3.05) is 4.90 Å². The molecule has 0 radical (unpaired) electrons. The fourth-order valence-electron chi connectivity index (χ4n) is 8.59. The molecule has 272 valence electrons. The number of allylic oxidation sites excluding steroid dienone is 3. The molecule has 0 spiro atoms. The summed E-state index contributed by atoms with van der Waals surface area (Å²) in [4.78, 5) is 2.40. The lowest BCUT2D eigenvalue weighted by atomic mass is 9.83. The van der Waals surface area contributed by atoms with E-state index in [1.807, 2.05) is 0 Å². The SMILES string of the molecule is CC1C=C(N(c2ccc(-c3ccc(-c4ccccc4)cc3)cc2)c2ccc(-c3ccc4c(c3)c3ccccc3n4-c3ccccc3)cc2)C=CC1c1ccccc1. The molecule has 0 saturated carbocycles. The molecule has 2 heteroatoms. The molecule has 8 aromatic carbocycles. The normalized spacial score (nSPS) is 15.1. The van der Waals surface area contributed by atoms with Gasteiger partial charge in [0.15, 0.2) is 0 Å². The third-order valence-corrected chi connectivity index (χ3v) is 11.5. The molecule has 0 fully saturated rings. The number of nitrogens with zero attached hydrogens (tertiary/aromatic N) is 2. The Hall–Kier alpha value is -7.16. The number of aromatic nitrogens is 1. The van der Waals surface area contributed by atoms with E-state index in [1.165, 1.54) is 72.1 Å². The zero-order valence-electron chi connectivity index (χ0n) is 31.9. The summed E-state index contributed by atoms with van der Waals surface area (Å²) < 4.78 is 2.37. The Kier molecular flexibility index (Phi) is 8.93. The highest BCUT2D eigenvalue weighted by molar-refractivity contribution is 6.10. The lowest BCUT2D eigenvalue weighted by Gasteiger charge is -2.31. The summed E-state index contributed by atoms with van der Waals surface area (Å²) in [7, 11) is 0. The summed E-state index contributed by atoms with van der Waals surface area (Å²) in [6.07, 6.45) is 7.11. The van der Waals surface area contributed by atoms with Gasteiger partial charge in [-0.3, -0.25) is 0 Å². The molecule has 0 bridgehead atoms. The maximum absolute atomic E-state index is 2.43. The third-order valence-electron chi connectivity index (χ3n) is 11.5. The van der Waals surface area contributed by atoms with Crippen molar-refractivity contribution in [2.45, 2.75) is 12.8 Å². The van der Waals surface area contributed by atoms with Crippen LogP contribution in [-0.4, -0.2) is 4.57 Å². The van der Waals surface area contributed by atoms with E-state index < -0.39 is 0 Å². The van der Waals surface area contributed by atoms with Gasteiger partial charge in [0.25, 0.3) is 0 Å². The Bertz CT molecular complexity index is 2870. The van der Waals surface area contributed by atoms with Gasteiger partial charge in [-0.05, 0) is 106 Å². The van der Waals surface area contributed by atoms with Gasteiger partial charge in [0.1, 0.15) is 0 Å². The zero-order valence-corrected chi connectivity index (χ0v) is 31.9. The molecule has 0 amide bonds. The molecule has 1 aromatic heterocycles. The second kappa shape index (κ2) is 14.8. The van der Waals surface area contributed by atoms with Crippen LogP contribution in [0.25, 0.3) is 60.9 Å². The van der Waals surface area contributed by atoms with Gasteiger partial charge in [0.05, 0.1) is 11.0 Å². The lowest BCUT2D eigenvalue weighted by molar-refractivity contribution is 0.628. The van der Waals surface area contributed by atoms with Gasteiger partial charge in [0, 0.05) is 39.4 Å². The van der Waals surface area contributed by atoms with Crippen LogP contribution in [0.2, 0.25) is 0 Å². The van der Waals surface area contributed by atoms with Gasteiger partial charge in [-0.2, -0.15) is 0 Å². The molecular formula is C55H42N2. The molecule has 0 saturated heterocycles. The predicted octanol–water partition coefficient (Wildman–Crippen LogP) is 14.8. The van der Waals surface area contributed by atoms with Gasteiger partial charge in [-0.1, -0.05) is 171 Å². The van der Waals surface area contributed by atoms with Crippen molar-refractivity contribution in [3.63, 3.8) is 0 Å². The summed E-state index contributed by atoms with van der Waals surface area (Å²) in [5.74, 6) is 0.671. The van der Waals surface area contributed by atoms with Crippen molar-refractivity contribution in [2.24, 2.45) is 5.92 Å². The second-order valence-electron chi connectivity index (χ2n) is 15.0. The minimum absolute atomic E-state index is 0.335. The van der Waals surface area contributed by atoms with Crippen LogP contribution in [0.5, 0.6) is 0 Å². The van der Waals surface area contributed by atoms with E-state index in [0.717, 1.165) is 11.4 Å². The van der Waals surface area contributed by atoms with Gasteiger partial charge in [-0.15, -0.1) is 0 Å². The first-order valence-electron chi connectivity index (χ1n) is 19.9. The van der Waals surface area contributed by atoms with Crippen LogP contribution in [-0.2, 0) is 0 Å². The first-order valence-corrected chi connectivity index (χ1v) is 19.9. The van der Waals surface area contributed by atoms with Crippen molar-refractivity contribution in [3.05, 3.63) is 236 Å². The molecule has 57 heavy (non-hydrogen) atoms. The summed E-state index contributed by atoms with van der Waals surface area (Å²) in [6, 6.07) is 74.6. The van der Waals surface area contributed by atoms with E-state index >= 15 is 0 Å². The van der Waals surface area contributed by atoms with Crippen molar-refractivity contribution in [3.8, 4) is 39.1 Å². The van der Waals surface area contributed by atoms with E-state index in [1.54, 1.807) is 0 Å². The molecule has 9 aromatic rings. The number of hydrogen-bond donors (Lipinski definition) is 0. The van der Waals surface area contributed by atoms with E-state index in [-0.39, 0.29) is 0 Å². The lowest BCUT2D eigenvalue weighted by Crippen LogP contribution is -2.20. The number of benzene rings is 8. The Morgan fingerprint density at radius 1 is 0.421 bits per heavy atom. The molecule has 1 heterocycles. The fraction of sp³-hybridized carbons (Fsp3) is 0.0545. The summed E-state index contributed by atoms with van der Waals surface area (Å²) in [5.41, 5.74) is 15.6. The maximum Gasteiger partial charge on any atom is 0.0541 e. The van der Waals surface area contributed by atoms with E-state index in [4.69, 9.17) is 0 Å². The van der Waals surface area contributed by atoms with Gasteiger partial charge in [0.2, 0.25) is 0 Å². The van der Waals surface area contributed by atoms with Crippen LogP contribution in [0.3, 0.4) is 0 Å². The van der Waals surface area contributed by atoms with Crippen LogP contribution >= 0.6 is 0 Å². The molecule has 0 N–H and O–H groups in total. The first-order chi connectivity index (χ1) is 28.2. The van der Waals surface area contributed by atoms with Crippen LogP contribution in [0.4, 0.5) is 11.4 Å². The zero-order chi connectivity index (χ0) is 38.1. The fourth-order valence-corrected chi connectivity index (χ4v) is 8.59. The van der Waals surface area contributed by atoms with Crippen LogP contribution in [0, 0.1) is 5.92 Å². The standard InChI is InChI=1S/C55H42N2/c1-39-37-50(34-35-51(39)45-15-7-3-8-16-45)56(48-30-25-43(26-31-48)42-23-21-41(22-24-42)40-13-5-2-6-14-40)49-32-27-44(28-33-49)46-29-36-55-53(38-46)52-19-11-12-20-54(52)57(55)47-17-9-4-10-18-47/h2-39,51H,1H3. The summed E-state index contributed by atoms with van der Waals surface area (Å²) in [5, 5.41) is 2.52. The molecule has 0 aliphatic heterocycles. The highest BCUT2D eigenvalue weighted by atomic mass is 15.1. The van der Waals surface area contributed by atoms with E-state index in [2.05, 4.69) is 241 Å². The number of rotatable bonds is 8. The van der Waals surface area contributed by atoms with Crippen LogP contribution in [0.1, 0.15) is 18.4 Å². The minimum atomic E-state index is 0.335. The van der Waals surface area contributed by atoms with Gasteiger partial charge < -0.3 is 9.47 Å². The Morgan fingerprint density at radius 2 is 0.895 bits per heavy atom. The Morgan fingerprint density at radius 3 is 1.51 bits per heavy atom. The Labute approximate surface area is 334 Å². The van der Waals surface area contributed by atoms with Crippen LogP contribution in [0.15, 0.2) is 230 Å². The highest BCUT2D eigenvalue weighted by Crippen LogP contribution is 2.40. The average Bonchev–Trinajstić information content (AvgIpc) is 3.62. The monoisotopic (exact) mass is 730 g/mol. The number of para-hydroxylation sites is 2. The van der Waals surface area contributed by atoms with Gasteiger partial charge in [-0.25, -0.2) is 0 Å². The number of hydrogen-bond acceptors (Lipinski definition) is 1. The molecule has 1 aliphatic carbocycles. The van der Waals surface area contributed by atoms with E-state index in [9.17, 15) is 0 Å². The van der Waals surface area contributed by atoms with Gasteiger partial charge >= 0.3 is 0 Å². The number of fused-ring (bicyclic) bond motifs is 3. The topological polar surface area (TPSA) is 8.17 Å². The van der Waals surface area contributed by atoms with E-state index in [0.29, 0.717) is 11.8 Å². The van der Waals surface area contributed by atoms with Crippen molar-refractivity contribution in [1.29, 1.82) is 0 Å². The molecule has 1 aliphatic rings. The third kappa shape index (κ3) is 6.56. The predicted molar refractivity (Wildman–Crippen MR) is 241 cm³/mol. The first kappa shape index (κ1) is 34.3. The molecule has 2 atom stereocenters. The Balaban J connectivity index is 0.999. The second-order valence-corrected chi connectivity index (χ2v) is 15.0. The summed E-state index contributed by atoms with van der Waals surface area (Å²) >= 11 is 0. The number of anilines is 2. The molecule has 2 nitrogen and oxygen atoms in total. The quantitative estimate of drug-likeness (QED) is 0.151. The largest absolute Gasteiger partial charge is 0.311 e. The summed E-state index contributed by atoms with van der Waals surface area (Å²) in [6.45, 7) is 2.33. The molecular weight excluding hydrogens is 689 g/mol. The molecule has 10 rings (SSSR count). The van der Waals surface area contributed by atoms with Crippen molar-refractivity contribution < 1.29 is 0 Å². The minimum Gasteiger partial charge on any atom is -0.311 e.